The third-order valence-corrected chi connectivity index (χ3v) is 4.01. The van der Waals surface area contributed by atoms with Gasteiger partial charge in [0.05, 0.1) is 18.9 Å². The highest BCUT2D eigenvalue weighted by Gasteiger charge is 2.17. The number of ether oxygens (including phenoxy) is 1. The number of rotatable bonds is 8. The van der Waals surface area contributed by atoms with Crippen LogP contribution < -0.4 is 10.1 Å². The van der Waals surface area contributed by atoms with Crippen LogP contribution in [-0.4, -0.2) is 44.8 Å². The average molecular weight is 408 g/mol. The Morgan fingerprint density at radius 2 is 2.07 bits per heavy atom. The molecule has 3 aromatic rings. The molecule has 7 nitrogen and oxygen atoms in total. The summed E-state index contributed by atoms with van der Waals surface area (Å²) in [4.78, 5) is 20.4. The Kier molecular flexibility index (Phi) is 6.32. The number of halogens is 3. The lowest BCUT2D eigenvalue weighted by Gasteiger charge is -2.12. The van der Waals surface area contributed by atoms with Gasteiger partial charge in [-0.25, -0.2) is 23.1 Å². The highest BCUT2D eigenvalue weighted by molar-refractivity contribution is 6.03. The fourth-order valence-electron chi connectivity index (χ4n) is 2.71. The molecule has 3 aromatic heterocycles. The van der Waals surface area contributed by atoms with E-state index in [4.69, 9.17) is 9.84 Å². The Morgan fingerprint density at radius 3 is 2.76 bits per heavy atom. The molecule has 1 atom stereocenters. The monoisotopic (exact) mass is 408 g/mol. The Morgan fingerprint density at radius 1 is 1.28 bits per heavy atom. The quantitative estimate of drug-likeness (QED) is 0.598. The molecule has 0 aromatic carbocycles. The topological polar surface area (TPSA) is 88.8 Å². The third kappa shape index (κ3) is 4.83. The van der Waals surface area contributed by atoms with Gasteiger partial charge in [0.15, 0.2) is 0 Å². The van der Waals surface area contributed by atoms with Crippen molar-refractivity contribution in [1.82, 2.24) is 14.4 Å². The summed E-state index contributed by atoms with van der Waals surface area (Å²) in [6.45, 7) is 1.46. The molecule has 3 heterocycles. The minimum atomic E-state index is -2.79. The number of imidazole rings is 1. The molecule has 29 heavy (non-hydrogen) atoms. The second kappa shape index (κ2) is 8.91. The number of carbonyl (C=O) groups excluding carboxylic acids is 1. The molecule has 10 heteroatoms. The SMILES string of the molecule is CCOc1cc2nc(CC(F)CO)cn2cc1NC(=O)c1cccc(C(F)F)n1. The first-order valence-corrected chi connectivity index (χ1v) is 8.87. The molecule has 1 unspecified atom stereocenters. The predicted octanol–water partition coefficient (Wildman–Crippen LogP) is 3.19. The molecule has 0 saturated carbocycles. The number of anilines is 1. The van der Waals surface area contributed by atoms with Crippen molar-refractivity contribution in [1.29, 1.82) is 0 Å². The number of alkyl halides is 3. The number of hydrogen-bond donors (Lipinski definition) is 2. The van der Waals surface area contributed by atoms with E-state index in [1.54, 1.807) is 23.6 Å². The third-order valence-electron chi connectivity index (χ3n) is 4.01. The second-order valence-corrected chi connectivity index (χ2v) is 6.17. The van der Waals surface area contributed by atoms with Gasteiger partial charge < -0.3 is 19.6 Å². The van der Waals surface area contributed by atoms with Gasteiger partial charge in [0.2, 0.25) is 0 Å². The van der Waals surface area contributed by atoms with Gasteiger partial charge in [-0.15, -0.1) is 0 Å². The smallest absolute Gasteiger partial charge is 0.280 e. The number of hydrogen-bond acceptors (Lipinski definition) is 5. The summed E-state index contributed by atoms with van der Waals surface area (Å²) in [6.07, 6.45) is -1.19. The number of fused-ring (bicyclic) bond motifs is 1. The van der Waals surface area contributed by atoms with Crippen LogP contribution in [0, 0.1) is 0 Å². The van der Waals surface area contributed by atoms with E-state index >= 15 is 0 Å². The molecule has 0 aliphatic carbocycles. The largest absolute Gasteiger partial charge is 0.491 e. The summed E-state index contributed by atoms with van der Waals surface area (Å²) in [6, 6.07) is 5.35. The molecule has 0 spiro atoms. The Balaban J connectivity index is 1.91. The molecule has 0 aliphatic heterocycles. The lowest BCUT2D eigenvalue weighted by Crippen LogP contribution is -2.16. The number of pyridine rings is 2. The van der Waals surface area contributed by atoms with Gasteiger partial charge in [0.25, 0.3) is 12.3 Å². The van der Waals surface area contributed by atoms with E-state index in [2.05, 4.69) is 15.3 Å². The van der Waals surface area contributed by atoms with Gasteiger partial charge in [-0.2, -0.15) is 0 Å². The molecule has 0 bridgehead atoms. The molecule has 0 saturated heterocycles. The number of nitrogens with zero attached hydrogens (tertiary/aromatic N) is 3. The summed E-state index contributed by atoms with van der Waals surface area (Å²) in [5, 5.41) is 11.5. The summed E-state index contributed by atoms with van der Waals surface area (Å²) < 4.78 is 46.2. The van der Waals surface area contributed by atoms with Crippen molar-refractivity contribution in [3.8, 4) is 5.75 Å². The number of aromatic nitrogens is 3. The Bertz CT molecular complexity index is 1010. The van der Waals surface area contributed by atoms with E-state index in [1.807, 2.05) is 0 Å². The van der Waals surface area contributed by atoms with Gasteiger partial charge in [0, 0.05) is 24.9 Å². The number of aliphatic hydroxyl groups excluding tert-OH is 1. The molecular formula is C19H19F3N4O3. The van der Waals surface area contributed by atoms with Gasteiger partial charge in [-0.3, -0.25) is 4.79 Å². The normalized spacial score (nSPS) is 12.3. The van der Waals surface area contributed by atoms with Crippen LogP contribution in [0.1, 0.15) is 35.2 Å². The van der Waals surface area contributed by atoms with Gasteiger partial charge in [-0.1, -0.05) is 6.07 Å². The molecular weight excluding hydrogens is 389 g/mol. The van der Waals surface area contributed by atoms with Crippen molar-refractivity contribution < 1.29 is 27.8 Å². The highest BCUT2D eigenvalue weighted by atomic mass is 19.3. The summed E-state index contributed by atoms with van der Waals surface area (Å²) in [5.74, 6) is -0.369. The molecule has 154 valence electrons. The fraction of sp³-hybridized carbons (Fsp3) is 0.316. The fourth-order valence-corrected chi connectivity index (χ4v) is 2.71. The number of amides is 1. The molecule has 0 fully saturated rings. The Labute approximate surface area is 164 Å². The molecule has 0 radical (unpaired) electrons. The zero-order valence-corrected chi connectivity index (χ0v) is 15.5. The molecule has 2 N–H and O–H groups in total. The highest BCUT2D eigenvalue weighted by Crippen LogP contribution is 2.27. The average Bonchev–Trinajstić information content (AvgIpc) is 3.09. The van der Waals surface area contributed by atoms with Crippen molar-refractivity contribution >= 4 is 17.2 Å². The first-order valence-electron chi connectivity index (χ1n) is 8.87. The van der Waals surface area contributed by atoms with Crippen molar-refractivity contribution in [2.24, 2.45) is 0 Å². The van der Waals surface area contributed by atoms with Crippen molar-refractivity contribution in [3.05, 3.63) is 53.7 Å². The first-order chi connectivity index (χ1) is 13.9. The molecule has 3 rings (SSSR count). The summed E-state index contributed by atoms with van der Waals surface area (Å²) in [5.41, 5.74) is 0.492. The maximum absolute atomic E-state index is 13.4. The van der Waals surface area contributed by atoms with E-state index in [1.165, 1.54) is 18.3 Å². The van der Waals surface area contributed by atoms with E-state index < -0.39 is 30.8 Å². The van der Waals surface area contributed by atoms with Crippen LogP contribution in [-0.2, 0) is 6.42 Å². The van der Waals surface area contributed by atoms with E-state index in [0.29, 0.717) is 23.7 Å². The maximum atomic E-state index is 13.4. The maximum Gasteiger partial charge on any atom is 0.280 e. The Hall–Kier alpha value is -3.14. The van der Waals surface area contributed by atoms with Crippen LogP contribution >= 0.6 is 0 Å². The van der Waals surface area contributed by atoms with Crippen molar-refractivity contribution in [3.63, 3.8) is 0 Å². The van der Waals surface area contributed by atoms with E-state index in [9.17, 15) is 18.0 Å². The lowest BCUT2D eigenvalue weighted by molar-refractivity contribution is 0.101. The van der Waals surface area contributed by atoms with Crippen molar-refractivity contribution in [2.75, 3.05) is 18.5 Å². The standard InChI is InChI=1S/C19H19F3N4O3/c1-2-29-16-7-17-23-12(6-11(20)10-27)8-26(17)9-15(16)25-19(28)14-5-3-4-13(24-14)18(21)22/h3-5,7-9,11,18,27H,2,6,10H2,1H3,(H,25,28). The molecule has 0 aliphatic rings. The number of aliphatic hydroxyl groups is 1. The minimum Gasteiger partial charge on any atom is -0.491 e. The second-order valence-electron chi connectivity index (χ2n) is 6.17. The van der Waals surface area contributed by atoms with Gasteiger partial charge in [-0.05, 0) is 19.1 Å². The molecule has 1 amide bonds. The minimum absolute atomic E-state index is 0.0613. The lowest BCUT2D eigenvalue weighted by atomic mass is 10.2. The van der Waals surface area contributed by atoms with Crippen LogP contribution in [0.25, 0.3) is 5.65 Å². The van der Waals surface area contributed by atoms with E-state index in [0.717, 1.165) is 6.07 Å². The predicted molar refractivity (Wildman–Crippen MR) is 99.2 cm³/mol. The van der Waals surface area contributed by atoms with Crippen molar-refractivity contribution in [2.45, 2.75) is 25.9 Å². The number of carbonyl (C=O) groups is 1. The van der Waals surface area contributed by atoms with E-state index in [-0.39, 0.29) is 17.8 Å². The summed E-state index contributed by atoms with van der Waals surface area (Å²) >= 11 is 0. The summed E-state index contributed by atoms with van der Waals surface area (Å²) in [7, 11) is 0. The zero-order valence-electron chi connectivity index (χ0n) is 15.5. The van der Waals surface area contributed by atoms with Crippen LogP contribution in [0.5, 0.6) is 5.75 Å². The number of nitrogens with one attached hydrogen (secondary N) is 1. The van der Waals surface area contributed by atoms with Gasteiger partial charge >= 0.3 is 0 Å². The van der Waals surface area contributed by atoms with Crippen LogP contribution in [0.3, 0.4) is 0 Å². The van der Waals surface area contributed by atoms with Crippen LogP contribution in [0.4, 0.5) is 18.9 Å². The zero-order chi connectivity index (χ0) is 21.0. The van der Waals surface area contributed by atoms with Gasteiger partial charge in [0.1, 0.15) is 34.6 Å². The van der Waals surface area contributed by atoms with Crippen LogP contribution in [0.2, 0.25) is 0 Å². The van der Waals surface area contributed by atoms with Crippen LogP contribution in [0.15, 0.2) is 36.7 Å². The first kappa shape index (κ1) is 20.6.